The van der Waals surface area contributed by atoms with Gasteiger partial charge in [-0.25, -0.2) is 0 Å². The van der Waals surface area contributed by atoms with Gasteiger partial charge in [0.05, 0.1) is 0 Å². The van der Waals surface area contributed by atoms with Gasteiger partial charge in [0.2, 0.25) is 0 Å². The van der Waals surface area contributed by atoms with Crippen molar-refractivity contribution in [3.8, 4) is 0 Å². The molecule has 0 aromatic heterocycles. The van der Waals surface area contributed by atoms with Crippen LogP contribution in [0.4, 0.5) is 0 Å². The second-order valence-corrected chi connectivity index (χ2v) is 3.62. The van der Waals surface area contributed by atoms with Crippen LogP contribution in [-0.4, -0.2) is 17.1 Å². The summed E-state index contributed by atoms with van der Waals surface area (Å²) in [4.78, 5) is 11.4. The molecular weight excluding hydrogens is 200 g/mol. The number of nitrogens with two attached hydrogens (primary N) is 2. The maximum Gasteiger partial charge on any atom is 0.320 e. The molecule has 5 heteroatoms. The van der Waals surface area contributed by atoms with Gasteiger partial charge >= 0.3 is 5.97 Å². The second kappa shape index (κ2) is 4.99. The first-order chi connectivity index (χ1) is 6.63. The summed E-state index contributed by atoms with van der Waals surface area (Å²) in [7, 11) is 0. The lowest BCUT2D eigenvalue weighted by Crippen LogP contribution is -2.32. The van der Waals surface area contributed by atoms with E-state index in [-0.39, 0.29) is 0 Å². The van der Waals surface area contributed by atoms with Crippen LogP contribution < -0.4 is 10.9 Å². The van der Waals surface area contributed by atoms with Gasteiger partial charge in [-0.15, -0.1) is 0 Å². The summed E-state index contributed by atoms with van der Waals surface area (Å²) in [6.07, 6.45) is 0.338. The Bertz CT molecular complexity index is 313. The maximum atomic E-state index is 10.5. The van der Waals surface area contributed by atoms with Crippen molar-refractivity contribution < 1.29 is 9.90 Å². The molecule has 0 spiro atoms. The largest absolute Gasteiger partial charge is 0.480 e. The fourth-order valence-corrected chi connectivity index (χ4v) is 1.34. The van der Waals surface area contributed by atoms with Crippen LogP contribution >= 0.6 is 11.9 Å². The molecule has 4 nitrogen and oxygen atoms in total. The monoisotopic (exact) mass is 212 g/mol. The minimum Gasteiger partial charge on any atom is -0.480 e. The Morgan fingerprint density at radius 1 is 1.43 bits per heavy atom. The number of rotatable bonds is 4. The van der Waals surface area contributed by atoms with E-state index in [0.29, 0.717) is 6.42 Å². The maximum absolute atomic E-state index is 10.5. The predicted molar refractivity (Wildman–Crippen MR) is 55.8 cm³/mol. The number of carboxylic acid groups (broad SMARTS) is 1. The molecule has 0 aliphatic heterocycles. The first-order valence-electron chi connectivity index (χ1n) is 4.07. The molecule has 0 fully saturated rings. The van der Waals surface area contributed by atoms with Crippen molar-refractivity contribution >= 4 is 17.9 Å². The van der Waals surface area contributed by atoms with E-state index >= 15 is 0 Å². The molecule has 1 atom stereocenters. The molecule has 0 radical (unpaired) electrons. The van der Waals surface area contributed by atoms with Crippen LogP contribution in [0, 0.1) is 0 Å². The van der Waals surface area contributed by atoms with E-state index < -0.39 is 12.0 Å². The highest BCUT2D eigenvalue weighted by molar-refractivity contribution is 7.97. The molecular formula is C9H12N2O2S. The van der Waals surface area contributed by atoms with E-state index in [1.54, 1.807) is 0 Å². The van der Waals surface area contributed by atoms with Gasteiger partial charge < -0.3 is 10.8 Å². The lowest BCUT2D eigenvalue weighted by molar-refractivity contribution is -0.138. The summed E-state index contributed by atoms with van der Waals surface area (Å²) in [5.41, 5.74) is 6.29. The molecule has 1 aromatic rings. The van der Waals surface area contributed by atoms with Gasteiger partial charge in [0.25, 0.3) is 0 Å². The topological polar surface area (TPSA) is 89.3 Å². The third-order valence-electron chi connectivity index (χ3n) is 1.83. The third-order valence-corrected chi connectivity index (χ3v) is 2.38. The first kappa shape index (κ1) is 11.0. The number of benzene rings is 1. The molecule has 0 heterocycles. The number of carbonyl (C=O) groups is 1. The molecule has 0 saturated carbocycles. The fourth-order valence-electron chi connectivity index (χ4n) is 1.05. The van der Waals surface area contributed by atoms with Crippen molar-refractivity contribution in [2.24, 2.45) is 10.9 Å². The minimum absolute atomic E-state index is 0.338. The third kappa shape index (κ3) is 3.02. The number of carboxylic acids is 1. The summed E-state index contributed by atoms with van der Waals surface area (Å²) in [5, 5.41) is 13.9. The van der Waals surface area contributed by atoms with E-state index in [2.05, 4.69) is 0 Å². The molecule has 1 aromatic carbocycles. The molecule has 0 aliphatic rings. The van der Waals surface area contributed by atoms with Gasteiger partial charge in [-0.05, 0) is 36.1 Å². The molecule has 1 unspecified atom stereocenters. The van der Waals surface area contributed by atoms with Gasteiger partial charge in [-0.3, -0.25) is 9.93 Å². The van der Waals surface area contributed by atoms with Crippen molar-refractivity contribution in [2.45, 2.75) is 17.4 Å². The molecule has 1 rings (SSSR count). The molecule has 14 heavy (non-hydrogen) atoms. The lowest BCUT2D eigenvalue weighted by atomic mass is 10.1. The number of aliphatic carboxylic acids is 1. The Morgan fingerprint density at radius 2 is 2.00 bits per heavy atom. The van der Waals surface area contributed by atoms with E-state index in [1.165, 1.54) is 0 Å². The van der Waals surface area contributed by atoms with Crippen LogP contribution in [0.2, 0.25) is 0 Å². The van der Waals surface area contributed by atoms with Crippen molar-refractivity contribution in [2.75, 3.05) is 0 Å². The Hall–Kier alpha value is -1.04. The van der Waals surface area contributed by atoms with Crippen LogP contribution in [0.15, 0.2) is 29.2 Å². The minimum atomic E-state index is -0.984. The second-order valence-electron chi connectivity index (χ2n) is 2.91. The van der Waals surface area contributed by atoms with Crippen molar-refractivity contribution in [3.05, 3.63) is 29.8 Å². The zero-order valence-corrected chi connectivity index (χ0v) is 8.33. The van der Waals surface area contributed by atoms with Gasteiger partial charge in [0.1, 0.15) is 6.04 Å². The molecule has 0 aliphatic carbocycles. The van der Waals surface area contributed by atoms with Crippen molar-refractivity contribution in [1.29, 1.82) is 0 Å². The zero-order valence-electron chi connectivity index (χ0n) is 7.51. The van der Waals surface area contributed by atoms with Gasteiger partial charge in [-0.2, -0.15) is 0 Å². The molecule has 0 amide bonds. The molecule has 0 bridgehead atoms. The Labute approximate surface area is 86.4 Å². The van der Waals surface area contributed by atoms with Crippen molar-refractivity contribution in [1.82, 2.24) is 0 Å². The molecule has 76 valence electrons. The van der Waals surface area contributed by atoms with Crippen LogP contribution in [0.25, 0.3) is 0 Å². The summed E-state index contributed by atoms with van der Waals surface area (Å²) in [6, 6.07) is 6.51. The predicted octanol–water partition coefficient (Wildman–Crippen LogP) is 0.607. The van der Waals surface area contributed by atoms with E-state index in [1.807, 2.05) is 24.3 Å². The van der Waals surface area contributed by atoms with Gasteiger partial charge in [0, 0.05) is 4.90 Å². The summed E-state index contributed by atoms with van der Waals surface area (Å²) < 4.78 is 0. The highest BCUT2D eigenvalue weighted by atomic mass is 32.2. The lowest BCUT2D eigenvalue weighted by Gasteiger charge is -2.06. The Balaban J connectivity index is 2.64. The van der Waals surface area contributed by atoms with E-state index in [0.717, 1.165) is 22.4 Å². The average molecular weight is 212 g/mol. The average Bonchev–Trinajstić information content (AvgIpc) is 2.19. The standard InChI is InChI=1S/C9H12N2O2S/c10-8(9(12)13)5-6-1-3-7(14-11)4-2-6/h1-4,8H,5,10-11H2,(H,12,13). The SMILES string of the molecule is NSc1ccc(CC(N)C(=O)O)cc1. The highest BCUT2D eigenvalue weighted by Gasteiger charge is 2.11. The summed E-state index contributed by atoms with van der Waals surface area (Å²) in [5.74, 6) is -0.984. The Kier molecular flexibility index (Phi) is 3.94. The smallest absolute Gasteiger partial charge is 0.320 e. The Morgan fingerprint density at radius 3 is 2.43 bits per heavy atom. The van der Waals surface area contributed by atoms with Crippen LogP contribution in [0.1, 0.15) is 5.56 Å². The van der Waals surface area contributed by atoms with E-state index in [9.17, 15) is 4.79 Å². The van der Waals surface area contributed by atoms with Gasteiger partial charge in [0.15, 0.2) is 0 Å². The number of hydrogen-bond acceptors (Lipinski definition) is 4. The van der Waals surface area contributed by atoms with Crippen LogP contribution in [0.5, 0.6) is 0 Å². The highest BCUT2D eigenvalue weighted by Crippen LogP contribution is 2.13. The van der Waals surface area contributed by atoms with Crippen molar-refractivity contribution in [3.63, 3.8) is 0 Å². The summed E-state index contributed by atoms with van der Waals surface area (Å²) in [6.45, 7) is 0. The fraction of sp³-hybridized carbons (Fsp3) is 0.222. The normalized spacial score (nSPS) is 12.4. The molecule has 5 N–H and O–H groups in total. The van der Waals surface area contributed by atoms with Crippen LogP contribution in [0.3, 0.4) is 0 Å². The first-order valence-corrected chi connectivity index (χ1v) is 4.95. The van der Waals surface area contributed by atoms with Gasteiger partial charge in [-0.1, -0.05) is 12.1 Å². The summed E-state index contributed by atoms with van der Waals surface area (Å²) >= 11 is 1.16. The van der Waals surface area contributed by atoms with Crippen LogP contribution in [-0.2, 0) is 11.2 Å². The van der Waals surface area contributed by atoms with E-state index in [4.69, 9.17) is 16.0 Å². The zero-order chi connectivity index (χ0) is 10.6. The number of hydrogen-bond donors (Lipinski definition) is 3. The quantitative estimate of drug-likeness (QED) is 0.636. The molecule has 0 saturated heterocycles.